The van der Waals surface area contributed by atoms with Gasteiger partial charge in [0.2, 0.25) is 0 Å². The summed E-state index contributed by atoms with van der Waals surface area (Å²) in [6, 6.07) is 5.40. The number of hydrogen-bond donors (Lipinski definition) is 1. The first-order valence-corrected chi connectivity index (χ1v) is 7.58. The van der Waals surface area contributed by atoms with E-state index in [1.165, 1.54) is 0 Å². The van der Waals surface area contributed by atoms with Gasteiger partial charge in [0.15, 0.2) is 6.61 Å². The number of nitro benzene ring substituents is 1. The SMILES string of the molecule is N#CC1(NC(=O)COC(=O)c2ccc([N+](=O)[O-])cc2Cl)CCCC1. The fourth-order valence-corrected chi connectivity index (χ4v) is 2.79. The number of rotatable bonds is 5. The predicted octanol–water partition coefficient (Wildman–Crippen LogP) is 2.36. The molecule has 24 heavy (non-hydrogen) atoms. The van der Waals surface area contributed by atoms with E-state index in [0.29, 0.717) is 12.8 Å². The molecule has 0 saturated heterocycles. The summed E-state index contributed by atoms with van der Waals surface area (Å²) in [5.41, 5.74) is -1.23. The highest BCUT2D eigenvalue weighted by atomic mass is 35.5. The monoisotopic (exact) mass is 351 g/mol. The third-order valence-corrected chi connectivity index (χ3v) is 4.08. The molecular formula is C15H14ClN3O5. The molecule has 1 fully saturated rings. The summed E-state index contributed by atoms with van der Waals surface area (Å²) in [4.78, 5) is 33.8. The molecule has 0 unspecified atom stereocenters. The van der Waals surface area contributed by atoms with Crippen molar-refractivity contribution < 1.29 is 19.2 Å². The van der Waals surface area contributed by atoms with Gasteiger partial charge in [-0.1, -0.05) is 11.6 Å². The lowest BCUT2D eigenvalue weighted by atomic mass is 10.00. The van der Waals surface area contributed by atoms with Crippen LogP contribution < -0.4 is 5.32 Å². The quantitative estimate of drug-likeness (QED) is 0.493. The topological polar surface area (TPSA) is 122 Å². The molecule has 0 atom stereocenters. The molecule has 0 radical (unpaired) electrons. The van der Waals surface area contributed by atoms with Crippen molar-refractivity contribution in [3.63, 3.8) is 0 Å². The van der Waals surface area contributed by atoms with Crippen molar-refractivity contribution >= 4 is 29.2 Å². The number of nitrogens with zero attached hydrogens (tertiary/aromatic N) is 2. The van der Waals surface area contributed by atoms with Crippen LogP contribution in [0.1, 0.15) is 36.0 Å². The Morgan fingerprint density at radius 1 is 1.42 bits per heavy atom. The Bertz CT molecular complexity index is 722. The Morgan fingerprint density at radius 3 is 2.62 bits per heavy atom. The molecule has 1 amide bonds. The molecule has 8 nitrogen and oxygen atoms in total. The van der Waals surface area contributed by atoms with Crippen molar-refractivity contribution in [1.82, 2.24) is 5.32 Å². The second-order valence-corrected chi connectivity index (χ2v) is 5.85. The molecule has 126 valence electrons. The van der Waals surface area contributed by atoms with E-state index in [0.717, 1.165) is 31.0 Å². The van der Waals surface area contributed by atoms with Crippen molar-refractivity contribution in [3.8, 4) is 6.07 Å². The average Bonchev–Trinajstić information content (AvgIpc) is 3.01. The van der Waals surface area contributed by atoms with Gasteiger partial charge >= 0.3 is 5.97 Å². The Morgan fingerprint density at radius 2 is 2.08 bits per heavy atom. The Hall–Kier alpha value is -2.66. The summed E-state index contributed by atoms with van der Waals surface area (Å²) >= 11 is 5.82. The van der Waals surface area contributed by atoms with E-state index < -0.39 is 28.9 Å². The number of nitrogens with one attached hydrogen (secondary N) is 1. The van der Waals surface area contributed by atoms with Crippen molar-refractivity contribution in [3.05, 3.63) is 38.9 Å². The van der Waals surface area contributed by atoms with Gasteiger partial charge < -0.3 is 10.1 Å². The van der Waals surface area contributed by atoms with Gasteiger partial charge in [0.25, 0.3) is 11.6 Å². The number of non-ortho nitro benzene ring substituents is 1. The molecule has 1 aromatic carbocycles. The maximum atomic E-state index is 11.9. The van der Waals surface area contributed by atoms with Crippen LogP contribution in [0.2, 0.25) is 5.02 Å². The van der Waals surface area contributed by atoms with Crippen LogP contribution in [-0.4, -0.2) is 28.9 Å². The van der Waals surface area contributed by atoms with E-state index in [1.807, 2.05) is 0 Å². The molecule has 0 bridgehead atoms. The standard InChI is InChI=1S/C15H14ClN3O5/c16-12-7-10(19(22)23)3-4-11(12)14(21)24-8-13(20)18-15(9-17)5-1-2-6-15/h3-4,7H,1-2,5-6,8H2,(H,18,20). The van der Waals surface area contributed by atoms with E-state index in [-0.39, 0.29) is 16.3 Å². The predicted molar refractivity (Wildman–Crippen MR) is 83.3 cm³/mol. The van der Waals surface area contributed by atoms with Crippen LogP contribution in [0.3, 0.4) is 0 Å². The van der Waals surface area contributed by atoms with Crippen LogP contribution in [0.15, 0.2) is 18.2 Å². The minimum absolute atomic E-state index is 0.0778. The largest absolute Gasteiger partial charge is 0.452 e. The van der Waals surface area contributed by atoms with Gasteiger partial charge in [-0.3, -0.25) is 14.9 Å². The summed E-state index contributed by atoms with van der Waals surface area (Å²) < 4.78 is 4.86. The number of ether oxygens (including phenoxy) is 1. The third-order valence-electron chi connectivity index (χ3n) is 3.77. The van der Waals surface area contributed by atoms with Gasteiger partial charge in [-0.2, -0.15) is 5.26 Å². The molecule has 1 aliphatic rings. The zero-order valence-electron chi connectivity index (χ0n) is 12.6. The summed E-state index contributed by atoms with van der Waals surface area (Å²) in [7, 11) is 0. The number of nitriles is 1. The lowest BCUT2D eigenvalue weighted by molar-refractivity contribution is -0.384. The van der Waals surface area contributed by atoms with Crippen LogP contribution in [-0.2, 0) is 9.53 Å². The lowest BCUT2D eigenvalue weighted by Gasteiger charge is -2.21. The van der Waals surface area contributed by atoms with E-state index in [9.17, 15) is 25.0 Å². The molecule has 1 aliphatic carbocycles. The molecule has 1 N–H and O–H groups in total. The van der Waals surface area contributed by atoms with Crippen molar-refractivity contribution in [1.29, 1.82) is 5.26 Å². The minimum atomic E-state index is -0.894. The van der Waals surface area contributed by atoms with Gasteiger partial charge in [0.1, 0.15) is 5.54 Å². The van der Waals surface area contributed by atoms with Gasteiger partial charge in [-0.15, -0.1) is 0 Å². The van der Waals surface area contributed by atoms with E-state index in [4.69, 9.17) is 16.3 Å². The van der Waals surface area contributed by atoms with Crippen LogP contribution in [0.5, 0.6) is 0 Å². The Kier molecular flexibility index (Phi) is 5.36. The molecule has 1 saturated carbocycles. The third kappa shape index (κ3) is 4.00. The lowest BCUT2D eigenvalue weighted by Crippen LogP contribution is -2.46. The van der Waals surface area contributed by atoms with E-state index >= 15 is 0 Å². The van der Waals surface area contributed by atoms with Crippen LogP contribution in [0.4, 0.5) is 5.69 Å². The molecule has 1 aromatic rings. The van der Waals surface area contributed by atoms with E-state index in [1.54, 1.807) is 0 Å². The van der Waals surface area contributed by atoms with Crippen molar-refractivity contribution in [2.75, 3.05) is 6.61 Å². The number of esters is 1. The van der Waals surface area contributed by atoms with Crippen molar-refractivity contribution in [2.45, 2.75) is 31.2 Å². The Balaban J connectivity index is 1.94. The minimum Gasteiger partial charge on any atom is -0.452 e. The highest BCUT2D eigenvalue weighted by molar-refractivity contribution is 6.33. The van der Waals surface area contributed by atoms with Gasteiger partial charge in [0.05, 0.1) is 21.6 Å². The molecule has 0 aliphatic heterocycles. The first kappa shape index (κ1) is 17.7. The molecule has 0 spiro atoms. The number of amides is 1. The average molecular weight is 352 g/mol. The molecule has 2 rings (SSSR count). The number of nitro groups is 1. The second kappa shape index (κ2) is 7.27. The first-order valence-electron chi connectivity index (χ1n) is 7.20. The molecule has 0 heterocycles. The number of hydrogen-bond acceptors (Lipinski definition) is 6. The Labute approximate surface area is 142 Å². The fraction of sp³-hybridized carbons (Fsp3) is 0.400. The number of carbonyl (C=O) groups excluding carboxylic acids is 2. The molecule has 0 aromatic heterocycles. The second-order valence-electron chi connectivity index (χ2n) is 5.45. The van der Waals surface area contributed by atoms with E-state index in [2.05, 4.69) is 11.4 Å². The maximum Gasteiger partial charge on any atom is 0.340 e. The van der Waals surface area contributed by atoms with Crippen LogP contribution >= 0.6 is 11.6 Å². The smallest absolute Gasteiger partial charge is 0.340 e. The normalized spacial score (nSPS) is 15.3. The highest BCUT2D eigenvalue weighted by Gasteiger charge is 2.35. The van der Waals surface area contributed by atoms with Crippen LogP contribution in [0, 0.1) is 21.4 Å². The maximum absolute atomic E-state index is 11.9. The zero-order valence-corrected chi connectivity index (χ0v) is 13.3. The van der Waals surface area contributed by atoms with Gasteiger partial charge in [-0.05, 0) is 31.7 Å². The number of halogens is 1. The summed E-state index contributed by atoms with van der Waals surface area (Å²) in [6.07, 6.45) is 2.84. The molecule has 9 heteroatoms. The summed E-state index contributed by atoms with van der Waals surface area (Å²) in [5.74, 6) is -1.45. The zero-order chi connectivity index (χ0) is 17.7. The fourth-order valence-electron chi connectivity index (χ4n) is 2.54. The number of benzene rings is 1. The summed E-state index contributed by atoms with van der Waals surface area (Å²) in [6.45, 7) is -0.560. The summed E-state index contributed by atoms with van der Waals surface area (Å²) in [5, 5.41) is 22.3. The van der Waals surface area contributed by atoms with Crippen molar-refractivity contribution in [2.24, 2.45) is 0 Å². The highest BCUT2D eigenvalue weighted by Crippen LogP contribution is 2.28. The van der Waals surface area contributed by atoms with Gasteiger partial charge in [0, 0.05) is 12.1 Å². The molecular weight excluding hydrogens is 338 g/mol. The number of carbonyl (C=O) groups is 2. The first-order chi connectivity index (χ1) is 11.4. The van der Waals surface area contributed by atoms with Crippen LogP contribution in [0.25, 0.3) is 0 Å². The van der Waals surface area contributed by atoms with Gasteiger partial charge in [-0.25, -0.2) is 4.79 Å².